The molecule has 0 amide bonds. The van der Waals surface area contributed by atoms with Crippen LogP contribution in [0.4, 0.5) is 5.69 Å². The predicted octanol–water partition coefficient (Wildman–Crippen LogP) is 1.94. The van der Waals surface area contributed by atoms with Crippen molar-refractivity contribution < 1.29 is 0 Å². The average molecular weight is 175 g/mol. The third-order valence-electron chi connectivity index (χ3n) is 2.09. The maximum atomic E-state index is 4.44. The van der Waals surface area contributed by atoms with Crippen LogP contribution >= 0.6 is 0 Å². The molecule has 2 aromatic rings. The maximum absolute atomic E-state index is 4.44. The lowest BCUT2D eigenvalue weighted by Gasteiger charge is -2.11. The third kappa shape index (κ3) is 1.26. The van der Waals surface area contributed by atoms with E-state index in [-0.39, 0.29) is 0 Å². The lowest BCUT2D eigenvalue weighted by Crippen LogP contribution is -2.08. The molecular weight excluding hydrogens is 162 g/mol. The lowest BCUT2D eigenvalue weighted by molar-refractivity contribution is 1.13. The first-order chi connectivity index (χ1) is 6.18. The Labute approximate surface area is 77.4 Å². The van der Waals surface area contributed by atoms with E-state index in [0.717, 1.165) is 22.5 Å². The number of nitrogens with one attached hydrogen (secondary N) is 1. The molecule has 0 aliphatic heterocycles. The van der Waals surface area contributed by atoms with Crippen LogP contribution in [0.25, 0.3) is 11.0 Å². The van der Waals surface area contributed by atoms with E-state index in [1.54, 1.807) is 0 Å². The van der Waals surface area contributed by atoms with Crippen molar-refractivity contribution >= 4 is 16.7 Å². The highest BCUT2D eigenvalue weighted by Gasteiger charge is 2.05. The number of rotatable bonds is 1. The lowest BCUT2D eigenvalue weighted by atomic mass is 10.2. The van der Waals surface area contributed by atoms with E-state index in [1.165, 1.54) is 0 Å². The smallest absolute Gasteiger partial charge is 0.112 e. The van der Waals surface area contributed by atoms with E-state index in [4.69, 9.17) is 0 Å². The Morgan fingerprint density at radius 2 is 2.08 bits per heavy atom. The second-order valence-corrected chi connectivity index (χ2v) is 3.39. The summed E-state index contributed by atoms with van der Waals surface area (Å²) < 4.78 is 0. The van der Waals surface area contributed by atoms with Crippen molar-refractivity contribution in [1.29, 1.82) is 0 Å². The van der Waals surface area contributed by atoms with Crippen molar-refractivity contribution in [2.45, 2.75) is 6.92 Å². The second-order valence-electron chi connectivity index (χ2n) is 3.39. The molecule has 0 aliphatic rings. The molecule has 1 aromatic heterocycles. The van der Waals surface area contributed by atoms with Crippen molar-refractivity contribution in [3.8, 4) is 0 Å². The molecule has 2 rings (SSSR count). The predicted molar refractivity (Wildman–Crippen MR) is 55.2 cm³/mol. The van der Waals surface area contributed by atoms with Crippen LogP contribution in [0.5, 0.6) is 0 Å². The molecule has 1 aromatic carbocycles. The van der Waals surface area contributed by atoms with E-state index in [2.05, 4.69) is 20.9 Å². The Hall–Kier alpha value is -1.51. The molecule has 1 N–H and O–H groups in total. The van der Waals surface area contributed by atoms with Gasteiger partial charge < -0.3 is 9.88 Å². The van der Waals surface area contributed by atoms with Gasteiger partial charge in [-0.3, -0.25) is 0 Å². The van der Waals surface area contributed by atoms with E-state index in [9.17, 15) is 0 Å². The fourth-order valence-corrected chi connectivity index (χ4v) is 1.50. The van der Waals surface area contributed by atoms with E-state index in [0.29, 0.717) is 0 Å². The average Bonchev–Trinajstić information content (AvgIpc) is 2.43. The number of nitrogens with zero attached hydrogens (tertiary/aromatic N) is 2. The van der Waals surface area contributed by atoms with Crippen molar-refractivity contribution in [2.24, 2.45) is 0 Å². The molecule has 0 atom stereocenters. The number of fused-ring (bicyclic) bond motifs is 1. The van der Waals surface area contributed by atoms with Gasteiger partial charge in [-0.1, -0.05) is 6.07 Å². The number of benzene rings is 1. The summed E-state index contributed by atoms with van der Waals surface area (Å²) in [5, 5.41) is 0. The Morgan fingerprint density at radius 1 is 1.31 bits per heavy atom. The van der Waals surface area contributed by atoms with Crippen LogP contribution in [0.3, 0.4) is 0 Å². The van der Waals surface area contributed by atoms with Crippen molar-refractivity contribution in [3.63, 3.8) is 0 Å². The molecule has 68 valence electrons. The number of aromatic nitrogens is 2. The summed E-state index contributed by atoms with van der Waals surface area (Å²) in [5.41, 5.74) is 3.30. The number of hydrogen-bond acceptors (Lipinski definition) is 2. The minimum atomic E-state index is 0.962. The quantitative estimate of drug-likeness (QED) is 0.718. The number of H-pyrrole nitrogens is 1. The summed E-state index contributed by atoms with van der Waals surface area (Å²) in [4.78, 5) is 9.73. The summed E-state index contributed by atoms with van der Waals surface area (Å²) in [5.74, 6) is 0.962. The number of imidazole rings is 1. The molecule has 0 spiro atoms. The van der Waals surface area contributed by atoms with Crippen LogP contribution in [-0.4, -0.2) is 24.1 Å². The topological polar surface area (TPSA) is 31.9 Å². The zero-order valence-corrected chi connectivity index (χ0v) is 8.13. The molecule has 0 bridgehead atoms. The van der Waals surface area contributed by atoms with Crippen LogP contribution in [0.15, 0.2) is 18.2 Å². The number of aromatic amines is 1. The van der Waals surface area contributed by atoms with E-state index in [1.807, 2.05) is 33.2 Å². The first-order valence-corrected chi connectivity index (χ1v) is 4.31. The number of hydrogen-bond donors (Lipinski definition) is 1. The summed E-state index contributed by atoms with van der Waals surface area (Å²) in [7, 11) is 4.05. The SMILES string of the molecule is Cc1nc2c(N(C)C)cccc2[nH]1. The van der Waals surface area contributed by atoms with Gasteiger partial charge in [0.25, 0.3) is 0 Å². The first-order valence-electron chi connectivity index (χ1n) is 4.31. The summed E-state index contributed by atoms with van der Waals surface area (Å²) in [6.45, 7) is 1.97. The van der Waals surface area contributed by atoms with E-state index >= 15 is 0 Å². The van der Waals surface area contributed by atoms with Gasteiger partial charge in [0.1, 0.15) is 11.3 Å². The van der Waals surface area contributed by atoms with Gasteiger partial charge in [0.15, 0.2) is 0 Å². The van der Waals surface area contributed by atoms with Gasteiger partial charge >= 0.3 is 0 Å². The minimum Gasteiger partial charge on any atom is -0.376 e. The molecule has 3 nitrogen and oxygen atoms in total. The Bertz CT molecular complexity index is 429. The number of anilines is 1. The summed E-state index contributed by atoms with van der Waals surface area (Å²) in [6, 6.07) is 6.15. The standard InChI is InChI=1S/C10H13N3/c1-7-11-8-5-4-6-9(13(2)3)10(8)12-7/h4-6H,1-3H3,(H,11,12). The van der Waals surface area contributed by atoms with Gasteiger partial charge in [0, 0.05) is 14.1 Å². The normalized spacial score (nSPS) is 10.7. The number of aryl methyl sites for hydroxylation is 1. The monoisotopic (exact) mass is 175 g/mol. The van der Waals surface area contributed by atoms with Crippen LogP contribution < -0.4 is 4.90 Å². The van der Waals surface area contributed by atoms with Gasteiger partial charge in [0.05, 0.1) is 11.2 Å². The highest BCUT2D eigenvalue weighted by atomic mass is 15.1. The highest BCUT2D eigenvalue weighted by Crippen LogP contribution is 2.22. The first kappa shape index (κ1) is 8.10. The van der Waals surface area contributed by atoms with Gasteiger partial charge in [-0.05, 0) is 19.1 Å². The zero-order valence-electron chi connectivity index (χ0n) is 8.13. The Morgan fingerprint density at radius 3 is 2.77 bits per heavy atom. The number of para-hydroxylation sites is 1. The fourth-order valence-electron chi connectivity index (χ4n) is 1.50. The van der Waals surface area contributed by atoms with Crippen LogP contribution in [0.1, 0.15) is 5.82 Å². The largest absolute Gasteiger partial charge is 0.376 e. The Balaban J connectivity index is 2.75. The van der Waals surface area contributed by atoms with Crippen LogP contribution in [-0.2, 0) is 0 Å². The molecular formula is C10H13N3. The molecule has 3 heteroatoms. The molecule has 13 heavy (non-hydrogen) atoms. The molecule has 0 aliphatic carbocycles. The zero-order chi connectivity index (χ0) is 9.42. The van der Waals surface area contributed by atoms with Gasteiger partial charge in [0.2, 0.25) is 0 Å². The maximum Gasteiger partial charge on any atom is 0.112 e. The molecule has 0 unspecified atom stereocenters. The molecule has 0 fully saturated rings. The van der Waals surface area contributed by atoms with Crippen molar-refractivity contribution in [1.82, 2.24) is 9.97 Å². The third-order valence-corrected chi connectivity index (χ3v) is 2.09. The molecule has 0 saturated carbocycles. The summed E-state index contributed by atoms with van der Waals surface area (Å²) in [6.07, 6.45) is 0. The fraction of sp³-hybridized carbons (Fsp3) is 0.300. The second kappa shape index (κ2) is 2.76. The summed E-state index contributed by atoms with van der Waals surface area (Å²) >= 11 is 0. The highest BCUT2D eigenvalue weighted by molar-refractivity contribution is 5.88. The molecule has 1 heterocycles. The molecule has 0 saturated heterocycles. The minimum absolute atomic E-state index is 0.962. The van der Waals surface area contributed by atoms with E-state index < -0.39 is 0 Å². The van der Waals surface area contributed by atoms with Crippen LogP contribution in [0.2, 0.25) is 0 Å². The molecule has 0 radical (unpaired) electrons. The van der Waals surface area contributed by atoms with Crippen molar-refractivity contribution in [3.05, 3.63) is 24.0 Å². The Kier molecular flexibility index (Phi) is 1.72. The van der Waals surface area contributed by atoms with Crippen molar-refractivity contribution in [2.75, 3.05) is 19.0 Å². The van der Waals surface area contributed by atoms with Gasteiger partial charge in [-0.2, -0.15) is 0 Å². The van der Waals surface area contributed by atoms with Gasteiger partial charge in [-0.25, -0.2) is 4.98 Å². The van der Waals surface area contributed by atoms with Crippen LogP contribution in [0, 0.1) is 6.92 Å². The van der Waals surface area contributed by atoms with Gasteiger partial charge in [-0.15, -0.1) is 0 Å².